The first-order chi connectivity index (χ1) is 15.4. The summed E-state index contributed by atoms with van der Waals surface area (Å²) in [6, 6.07) is 13.5. The van der Waals surface area contributed by atoms with E-state index in [-0.39, 0.29) is 30.0 Å². The molecule has 0 fully saturated rings. The third kappa shape index (κ3) is 4.80. The quantitative estimate of drug-likeness (QED) is 0.491. The second kappa shape index (κ2) is 9.02. The highest BCUT2D eigenvalue weighted by Gasteiger charge is 2.42. The summed E-state index contributed by atoms with van der Waals surface area (Å²) in [6.45, 7) is 3.98. The van der Waals surface area contributed by atoms with E-state index in [0.29, 0.717) is 11.1 Å². The average molecular weight is 462 g/mol. The first-order valence-corrected chi connectivity index (χ1v) is 10.4. The average Bonchev–Trinajstić information content (AvgIpc) is 3.05. The van der Waals surface area contributed by atoms with Gasteiger partial charge in [0.2, 0.25) is 0 Å². The predicted octanol–water partition coefficient (Wildman–Crippen LogP) is 5.51. The predicted molar refractivity (Wildman–Crippen MR) is 118 cm³/mol. The van der Waals surface area contributed by atoms with Crippen LogP contribution in [0.1, 0.15) is 41.2 Å². The summed E-state index contributed by atoms with van der Waals surface area (Å²) in [4.78, 5) is 14.9. The fraction of sp³-hybridized carbons (Fsp3) is 0.320. The van der Waals surface area contributed by atoms with Gasteiger partial charge < -0.3 is 14.6 Å². The number of alkyl halides is 3. The molecule has 4 nitrogen and oxygen atoms in total. The fourth-order valence-corrected chi connectivity index (χ4v) is 3.77. The van der Waals surface area contributed by atoms with Gasteiger partial charge in [-0.15, -0.1) is 0 Å². The molecule has 0 spiro atoms. The lowest BCUT2D eigenvalue weighted by molar-refractivity contribution is -0.143. The summed E-state index contributed by atoms with van der Waals surface area (Å²) in [5, 5.41) is 9.75. The molecule has 8 heteroatoms. The van der Waals surface area contributed by atoms with Crippen LogP contribution in [0.15, 0.2) is 54.6 Å². The van der Waals surface area contributed by atoms with Crippen molar-refractivity contribution >= 4 is 5.91 Å². The fourth-order valence-electron chi connectivity index (χ4n) is 3.77. The van der Waals surface area contributed by atoms with Gasteiger partial charge in [0.1, 0.15) is 17.2 Å². The Balaban J connectivity index is 2.37. The van der Waals surface area contributed by atoms with Crippen molar-refractivity contribution in [2.24, 2.45) is 0 Å². The number of likely N-dealkylation sites (N-methyl/N-ethyl adjacent to an activating group) is 1. The number of amides is 1. The molecule has 0 atom stereocenters. The number of hydrogen-bond donors (Lipinski definition) is 1. The van der Waals surface area contributed by atoms with Crippen LogP contribution >= 0.6 is 0 Å². The molecule has 0 unspecified atom stereocenters. The van der Waals surface area contributed by atoms with E-state index in [4.69, 9.17) is 0 Å². The molecule has 176 valence electrons. The molecule has 3 rings (SSSR count). The minimum atomic E-state index is -4.74. The van der Waals surface area contributed by atoms with E-state index in [0.717, 1.165) is 16.7 Å². The minimum Gasteiger partial charge on any atom is -0.394 e. The molecule has 33 heavy (non-hydrogen) atoms. The van der Waals surface area contributed by atoms with E-state index in [9.17, 15) is 27.5 Å². The van der Waals surface area contributed by atoms with Crippen molar-refractivity contribution in [2.75, 3.05) is 13.7 Å². The monoisotopic (exact) mass is 462 g/mol. The van der Waals surface area contributed by atoms with Crippen molar-refractivity contribution in [2.45, 2.75) is 39.0 Å². The summed E-state index contributed by atoms with van der Waals surface area (Å²) in [5.74, 6) is -1.22. The van der Waals surface area contributed by atoms with Crippen LogP contribution in [0.5, 0.6) is 0 Å². The molecular weight excluding hydrogens is 436 g/mol. The molecule has 1 heterocycles. The molecule has 1 N–H and O–H groups in total. The highest BCUT2D eigenvalue weighted by Crippen LogP contribution is 2.42. The van der Waals surface area contributed by atoms with Crippen LogP contribution in [0.2, 0.25) is 0 Å². The number of benzene rings is 2. The van der Waals surface area contributed by atoms with Crippen LogP contribution < -0.4 is 0 Å². The molecule has 1 amide bonds. The van der Waals surface area contributed by atoms with E-state index in [1.165, 1.54) is 31.0 Å². The van der Waals surface area contributed by atoms with E-state index in [1.54, 1.807) is 44.2 Å². The lowest BCUT2D eigenvalue weighted by Crippen LogP contribution is -2.48. The van der Waals surface area contributed by atoms with E-state index in [1.807, 2.05) is 0 Å². The van der Waals surface area contributed by atoms with Crippen LogP contribution in [-0.2, 0) is 12.7 Å². The molecule has 0 saturated carbocycles. The summed E-state index contributed by atoms with van der Waals surface area (Å²) in [6.07, 6.45) is -4.74. The number of halogens is 4. The Hall–Kier alpha value is -3.13. The maximum atomic E-state index is 14.3. The Kier molecular flexibility index (Phi) is 6.70. The Morgan fingerprint density at radius 2 is 1.61 bits per heavy atom. The highest BCUT2D eigenvalue weighted by molar-refractivity contribution is 6.01. The van der Waals surface area contributed by atoms with Gasteiger partial charge in [0.15, 0.2) is 0 Å². The zero-order valence-electron chi connectivity index (χ0n) is 18.9. The van der Waals surface area contributed by atoms with E-state index in [2.05, 4.69) is 0 Å². The van der Waals surface area contributed by atoms with Crippen LogP contribution in [0.25, 0.3) is 11.1 Å². The Morgan fingerprint density at radius 1 is 1.03 bits per heavy atom. The minimum absolute atomic E-state index is 0.0869. The molecule has 0 aliphatic carbocycles. The maximum Gasteiger partial charge on any atom is 0.431 e. The summed E-state index contributed by atoms with van der Waals surface area (Å²) >= 11 is 0. The number of aliphatic hydroxyl groups is 1. The van der Waals surface area contributed by atoms with Crippen molar-refractivity contribution in [3.8, 4) is 11.1 Å². The van der Waals surface area contributed by atoms with Gasteiger partial charge in [-0.1, -0.05) is 42.5 Å². The van der Waals surface area contributed by atoms with Crippen LogP contribution in [0, 0.1) is 12.7 Å². The first kappa shape index (κ1) is 24.5. The number of hydrogen-bond acceptors (Lipinski definition) is 2. The van der Waals surface area contributed by atoms with Gasteiger partial charge in [-0.3, -0.25) is 4.79 Å². The Morgan fingerprint density at radius 3 is 2.12 bits per heavy atom. The van der Waals surface area contributed by atoms with Crippen LogP contribution in [0.4, 0.5) is 17.6 Å². The molecule has 0 aliphatic rings. The number of carbonyl (C=O) groups is 1. The molecule has 1 aromatic heterocycles. The van der Waals surface area contributed by atoms with Gasteiger partial charge in [0.25, 0.3) is 5.91 Å². The van der Waals surface area contributed by atoms with E-state index >= 15 is 0 Å². The smallest absolute Gasteiger partial charge is 0.394 e. The number of aromatic nitrogens is 1. The van der Waals surface area contributed by atoms with Crippen LogP contribution in [0.3, 0.4) is 0 Å². The van der Waals surface area contributed by atoms with Gasteiger partial charge in [0.05, 0.1) is 12.1 Å². The van der Waals surface area contributed by atoms with Crippen molar-refractivity contribution in [3.05, 3.63) is 82.9 Å². The van der Waals surface area contributed by atoms with Gasteiger partial charge >= 0.3 is 6.18 Å². The second-order valence-corrected chi connectivity index (χ2v) is 8.61. The number of nitrogens with zero attached hydrogens (tertiary/aromatic N) is 2. The molecule has 0 aliphatic heterocycles. The normalized spacial score (nSPS) is 12.2. The van der Waals surface area contributed by atoms with Crippen molar-refractivity contribution < 1.29 is 27.5 Å². The lowest BCUT2D eigenvalue weighted by atomic mass is 9.98. The zero-order chi connectivity index (χ0) is 24.6. The van der Waals surface area contributed by atoms with E-state index < -0.39 is 29.1 Å². The highest BCUT2D eigenvalue weighted by atomic mass is 19.4. The van der Waals surface area contributed by atoms with Gasteiger partial charge in [0, 0.05) is 19.2 Å². The SMILES string of the molecule is Cc1c(-c2ccc(F)cc2)c(C(=O)N(C)C(C)(C)CO)n(Cc2ccccc2)c1C(F)(F)F. The second-order valence-electron chi connectivity index (χ2n) is 8.61. The Labute approximate surface area is 190 Å². The standard InChI is InChI=1S/C25H26F4N2O2/c1-16-20(18-10-12-19(26)13-11-18)21(23(33)30(4)24(2,3)15-32)31(22(16)25(27,28)29)14-17-8-6-5-7-9-17/h5-13,32H,14-15H2,1-4H3. The molecule has 3 aromatic rings. The lowest BCUT2D eigenvalue weighted by Gasteiger charge is -2.34. The molecule has 0 saturated heterocycles. The van der Waals surface area contributed by atoms with Gasteiger partial charge in [-0.25, -0.2) is 4.39 Å². The number of carbonyl (C=O) groups excluding carboxylic acids is 1. The summed E-state index contributed by atoms with van der Waals surface area (Å²) in [7, 11) is 1.44. The Bertz CT molecular complexity index is 1130. The number of rotatable bonds is 6. The molecular formula is C25H26F4N2O2. The third-order valence-electron chi connectivity index (χ3n) is 5.89. The van der Waals surface area contributed by atoms with Gasteiger partial charge in [-0.05, 0) is 49.6 Å². The van der Waals surface area contributed by atoms with Gasteiger partial charge in [-0.2, -0.15) is 13.2 Å². The maximum absolute atomic E-state index is 14.3. The summed E-state index contributed by atoms with van der Waals surface area (Å²) < 4.78 is 57.5. The van der Waals surface area contributed by atoms with Crippen molar-refractivity contribution in [3.63, 3.8) is 0 Å². The largest absolute Gasteiger partial charge is 0.431 e. The van der Waals surface area contributed by atoms with Crippen LogP contribution in [-0.4, -0.2) is 39.7 Å². The zero-order valence-corrected chi connectivity index (χ0v) is 18.9. The third-order valence-corrected chi connectivity index (χ3v) is 5.89. The first-order valence-electron chi connectivity index (χ1n) is 10.4. The summed E-state index contributed by atoms with van der Waals surface area (Å²) in [5.41, 5.74) is -1.28. The van der Waals surface area contributed by atoms with Crippen molar-refractivity contribution in [1.29, 1.82) is 0 Å². The van der Waals surface area contributed by atoms with Crippen molar-refractivity contribution in [1.82, 2.24) is 9.47 Å². The topological polar surface area (TPSA) is 45.5 Å². The molecule has 2 aromatic carbocycles. The number of aliphatic hydroxyl groups excluding tert-OH is 1. The molecule has 0 bridgehead atoms. The molecule has 0 radical (unpaired) electrons.